The largest absolute Gasteiger partial charge is 0.376 e. The van der Waals surface area contributed by atoms with Crippen LogP contribution in [0.25, 0.3) is 11.0 Å². The Morgan fingerprint density at radius 3 is 2.81 bits per heavy atom. The van der Waals surface area contributed by atoms with Crippen LogP contribution in [0.2, 0.25) is 10.3 Å². The van der Waals surface area contributed by atoms with Gasteiger partial charge in [0.15, 0.2) is 15.4 Å². The number of thiocarbonyl (C=S) groups is 1. The molecule has 0 aliphatic carbocycles. The molecule has 0 saturated carbocycles. The van der Waals surface area contributed by atoms with Crippen molar-refractivity contribution in [2.75, 3.05) is 5.32 Å². The summed E-state index contributed by atoms with van der Waals surface area (Å²) in [6.45, 7) is 0. The summed E-state index contributed by atoms with van der Waals surface area (Å²) >= 11 is 16.7. The topological polar surface area (TPSA) is 68.8 Å². The molecule has 0 saturated heterocycles. The molecule has 0 bridgehead atoms. The number of nitrogens with zero attached hydrogens (tertiary/aromatic N) is 3. The molecule has 16 heavy (non-hydrogen) atoms. The number of nitrogens with one attached hydrogen (secondary N) is 1. The average molecular weight is 276 g/mol. The summed E-state index contributed by atoms with van der Waals surface area (Å²) in [5.41, 5.74) is 7.18. The van der Waals surface area contributed by atoms with Crippen molar-refractivity contribution in [1.82, 2.24) is 14.5 Å². The van der Waals surface area contributed by atoms with Crippen molar-refractivity contribution in [3.63, 3.8) is 0 Å². The highest BCUT2D eigenvalue weighted by Crippen LogP contribution is 2.32. The molecule has 84 valence electrons. The molecule has 0 aliphatic rings. The Morgan fingerprint density at radius 2 is 2.19 bits per heavy atom. The first kappa shape index (κ1) is 11.4. The lowest BCUT2D eigenvalue weighted by molar-refractivity contribution is 0.948. The maximum Gasteiger partial charge on any atom is 0.168 e. The molecule has 0 unspecified atom stereocenters. The minimum absolute atomic E-state index is 0.105. The first-order chi connectivity index (χ1) is 7.50. The van der Waals surface area contributed by atoms with Crippen LogP contribution in [0, 0.1) is 0 Å². The van der Waals surface area contributed by atoms with E-state index in [0.29, 0.717) is 16.7 Å². The van der Waals surface area contributed by atoms with Gasteiger partial charge in [-0.15, -0.1) is 0 Å². The number of halogens is 2. The second kappa shape index (κ2) is 4.04. The summed E-state index contributed by atoms with van der Waals surface area (Å²) in [4.78, 5) is 8.06. The Hall–Kier alpha value is -1.11. The molecule has 2 rings (SSSR count). The molecule has 2 aromatic heterocycles. The van der Waals surface area contributed by atoms with E-state index in [9.17, 15) is 0 Å². The Kier molecular flexibility index (Phi) is 2.88. The normalized spacial score (nSPS) is 10.7. The van der Waals surface area contributed by atoms with Crippen molar-refractivity contribution >= 4 is 57.3 Å². The number of imidazole rings is 1. The number of fused-ring (bicyclic) bond motifs is 1. The standard InChI is InChI=1S/C8H7Cl2N5S/c1-15-2-12-3-5(15)4(13-8(11)16)7(10)14-6(3)9/h2H,1H3,(H3,11,13,16). The van der Waals surface area contributed by atoms with Gasteiger partial charge < -0.3 is 15.6 Å². The Bertz CT molecular complexity index is 579. The predicted octanol–water partition coefficient (Wildman–Crippen LogP) is 1.93. The first-order valence-corrected chi connectivity index (χ1v) is 5.39. The quantitative estimate of drug-likeness (QED) is 0.615. The fourth-order valence-corrected chi connectivity index (χ4v) is 1.99. The van der Waals surface area contributed by atoms with Crippen molar-refractivity contribution in [2.24, 2.45) is 12.8 Å². The maximum absolute atomic E-state index is 5.97. The summed E-state index contributed by atoms with van der Waals surface area (Å²) in [6, 6.07) is 0. The van der Waals surface area contributed by atoms with Crippen LogP contribution in [0.4, 0.5) is 5.69 Å². The number of anilines is 1. The van der Waals surface area contributed by atoms with Gasteiger partial charge in [0.25, 0.3) is 0 Å². The zero-order valence-corrected chi connectivity index (χ0v) is 10.5. The zero-order valence-electron chi connectivity index (χ0n) is 8.16. The Balaban J connectivity index is 2.79. The fraction of sp³-hybridized carbons (Fsp3) is 0.125. The van der Waals surface area contributed by atoms with E-state index < -0.39 is 0 Å². The van der Waals surface area contributed by atoms with E-state index in [-0.39, 0.29) is 15.4 Å². The second-order valence-corrected chi connectivity index (χ2v) is 4.27. The lowest BCUT2D eigenvalue weighted by Crippen LogP contribution is -2.20. The Labute approximate surface area is 107 Å². The third-order valence-corrected chi connectivity index (χ3v) is 2.66. The smallest absolute Gasteiger partial charge is 0.168 e. The van der Waals surface area contributed by atoms with Crippen molar-refractivity contribution in [2.45, 2.75) is 0 Å². The van der Waals surface area contributed by atoms with E-state index >= 15 is 0 Å². The van der Waals surface area contributed by atoms with E-state index in [4.69, 9.17) is 41.2 Å². The molecule has 0 radical (unpaired) electrons. The van der Waals surface area contributed by atoms with Gasteiger partial charge in [0.1, 0.15) is 11.2 Å². The zero-order chi connectivity index (χ0) is 11.9. The number of aryl methyl sites for hydroxylation is 1. The summed E-state index contributed by atoms with van der Waals surface area (Å²) in [5, 5.41) is 3.32. The molecule has 0 spiro atoms. The first-order valence-electron chi connectivity index (χ1n) is 4.23. The van der Waals surface area contributed by atoms with Crippen LogP contribution in [0.5, 0.6) is 0 Å². The third kappa shape index (κ3) is 1.79. The lowest BCUT2D eigenvalue weighted by Gasteiger charge is -2.09. The van der Waals surface area contributed by atoms with Crippen LogP contribution in [0.15, 0.2) is 6.33 Å². The number of hydrogen-bond donors (Lipinski definition) is 2. The number of hydrogen-bond acceptors (Lipinski definition) is 3. The molecule has 0 amide bonds. The number of aromatic nitrogens is 3. The Morgan fingerprint density at radius 1 is 1.50 bits per heavy atom. The van der Waals surface area contributed by atoms with Crippen LogP contribution in [0.3, 0.4) is 0 Å². The number of rotatable bonds is 1. The second-order valence-electron chi connectivity index (χ2n) is 3.11. The van der Waals surface area contributed by atoms with E-state index in [1.807, 2.05) is 7.05 Å². The fourth-order valence-electron chi connectivity index (χ4n) is 1.40. The molecule has 5 nitrogen and oxygen atoms in total. The molecule has 0 atom stereocenters. The summed E-state index contributed by atoms with van der Waals surface area (Å²) in [7, 11) is 1.81. The average Bonchev–Trinajstić information content (AvgIpc) is 2.55. The molecule has 0 fully saturated rings. The summed E-state index contributed by atoms with van der Waals surface area (Å²) in [5.74, 6) is 0. The van der Waals surface area contributed by atoms with Gasteiger partial charge in [-0.3, -0.25) is 0 Å². The van der Waals surface area contributed by atoms with Crippen molar-refractivity contribution < 1.29 is 0 Å². The maximum atomic E-state index is 5.97. The van der Waals surface area contributed by atoms with Crippen LogP contribution in [-0.4, -0.2) is 19.6 Å². The van der Waals surface area contributed by atoms with E-state index in [1.54, 1.807) is 10.9 Å². The van der Waals surface area contributed by atoms with Gasteiger partial charge in [0.05, 0.1) is 11.8 Å². The van der Waals surface area contributed by atoms with Gasteiger partial charge in [-0.25, -0.2) is 9.97 Å². The van der Waals surface area contributed by atoms with E-state index in [1.165, 1.54) is 0 Å². The van der Waals surface area contributed by atoms with Gasteiger partial charge >= 0.3 is 0 Å². The summed E-state index contributed by atoms with van der Waals surface area (Å²) in [6.07, 6.45) is 1.61. The van der Waals surface area contributed by atoms with E-state index in [2.05, 4.69) is 15.3 Å². The minimum atomic E-state index is 0.105. The summed E-state index contributed by atoms with van der Waals surface area (Å²) < 4.78 is 1.76. The van der Waals surface area contributed by atoms with E-state index in [0.717, 1.165) is 0 Å². The molecular formula is C8H7Cl2N5S. The highest BCUT2D eigenvalue weighted by molar-refractivity contribution is 7.80. The molecule has 2 heterocycles. The van der Waals surface area contributed by atoms with Gasteiger partial charge in [-0.1, -0.05) is 23.2 Å². The highest BCUT2D eigenvalue weighted by Gasteiger charge is 2.15. The lowest BCUT2D eigenvalue weighted by atomic mass is 10.3. The van der Waals surface area contributed by atoms with Gasteiger partial charge in [-0.2, -0.15) is 0 Å². The molecule has 2 aromatic rings. The van der Waals surface area contributed by atoms with Crippen LogP contribution >= 0.6 is 35.4 Å². The van der Waals surface area contributed by atoms with Gasteiger partial charge in [0.2, 0.25) is 0 Å². The van der Waals surface area contributed by atoms with Gasteiger partial charge in [-0.05, 0) is 12.2 Å². The van der Waals surface area contributed by atoms with Crippen LogP contribution < -0.4 is 11.1 Å². The van der Waals surface area contributed by atoms with Crippen molar-refractivity contribution in [3.8, 4) is 0 Å². The third-order valence-electron chi connectivity index (χ3n) is 2.02. The monoisotopic (exact) mass is 275 g/mol. The molecule has 8 heteroatoms. The van der Waals surface area contributed by atoms with Gasteiger partial charge in [0, 0.05) is 7.05 Å². The van der Waals surface area contributed by atoms with Crippen molar-refractivity contribution in [1.29, 1.82) is 0 Å². The van der Waals surface area contributed by atoms with Crippen LogP contribution in [0.1, 0.15) is 0 Å². The van der Waals surface area contributed by atoms with Crippen molar-refractivity contribution in [3.05, 3.63) is 16.6 Å². The number of nitrogens with two attached hydrogens (primary N) is 1. The number of pyridine rings is 1. The molecular weight excluding hydrogens is 269 g/mol. The minimum Gasteiger partial charge on any atom is -0.376 e. The molecule has 3 N–H and O–H groups in total. The molecule has 0 aromatic carbocycles. The SMILES string of the molecule is Cn1cnc2c(Cl)nc(Cl)c(NC(N)=S)c21. The predicted molar refractivity (Wildman–Crippen MR) is 68.9 cm³/mol. The highest BCUT2D eigenvalue weighted by atomic mass is 35.5. The molecule has 0 aliphatic heterocycles. The van der Waals surface area contributed by atoms with Crippen LogP contribution in [-0.2, 0) is 7.05 Å².